The quantitative estimate of drug-likeness (QED) is 0.929. The predicted molar refractivity (Wildman–Crippen MR) is 83.1 cm³/mol. The van der Waals surface area contributed by atoms with Crippen molar-refractivity contribution >= 4 is 11.8 Å². The standard InChI is InChI=1S/C17H23NO4/c1-21-11-16-10-18(17(20)22-16)14-6-2-12(3-7-14)13-4-8-15(19)9-5-13/h2-3,6-7,13,15-16,19H,4-5,8-11H2,1H3. The van der Waals surface area contributed by atoms with E-state index in [9.17, 15) is 9.90 Å². The van der Waals surface area contributed by atoms with Crippen LogP contribution >= 0.6 is 0 Å². The van der Waals surface area contributed by atoms with Crippen LogP contribution in [0.5, 0.6) is 0 Å². The van der Waals surface area contributed by atoms with Gasteiger partial charge in [0.25, 0.3) is 0 Å². The summed E-state index contributed by atoms with van der Waals surface area (Å²) in [4.78, 5) is 13.6. The Bertz CT molecular complexity index is 508. The van der Waals surface area contributed by atoms with Gasteiger partial charge in [-0.2, -0.15) is 0 Å². The SMILES string of the molecule is COCC1CN(c2ccc(C3CCC(O)CC3)cc2)C(=O)O1. The smallest absolute Gasteiger partial charge is 0.414 e. The van der Waals surface area contributed by atoms with Gasteiger partial charge in [-0.05, 0) is 49.3 Å². The molecule has 5 heteroatoms. The number of cyclic esters (lactones) is 1. The maximum Gasteiger partial charge on any atom is 0.414 e. The summed E-state index contributed by atoms with van der Waals surface area (Å²) < 4.78 is 10.3. The monoisotopic (exact) mass is 305 g/mol. The highest BCUT2D eigenvalue weighted by molar-refractivity contribution is 5.89. The Hall–Kier alpha value is -1.59. The first-order valence-electron chi connectivity index (χ1n) is 7.92. The highest BCUT2D eigenvalue weighted by Crippen LogP contribution is 2.34. The van der Waals surface area contributed by atoms with E-state index < -0.39 is 0 Å². The third-order valence-electron chi connectivity index (χ3n) is 4.60. The lowest BCUT2D eigenvalue weighted by Gasteiger charge is -2.26. The Kier molecular flexibility index (Phi) is 4.64. The number of ether oxygens (including phenoxy) is 2. The molecule has 1 unspecified atom stereocenters. The van der Waals surface area contributed by atoms with Crippen molar-refractivity contribution in [3.05, 3.63) is 29.8 Å². The number of aliphatic hydroxyl groups excluding tert-OH is 1. The number of rotatable bonds is 4. The van der Waals surface area contributed by atoms with Crippen molar-refractivity contribution in [3.63, 3.8) is 0 Å². The van der Waals surface area contributed by atoms with E-state index in [1.165, 1.54) is 5.56 Å². The molecule has 1 N–H and O–H groups in total. The first kappa shape index (κ1) is 15.3. The second kappa shape index (κ2) is 6.67. The van der Waals surface area contributed by atoms with Gasteiger partial charge in [0, 0.05) is 12.8 Å². The molecule has 1 atom stereocenters. The minimum atomic E-state index is -0.310. The number of carbonyl (C=O) groups is 1. The van der Waals surface area contributed by atoms with Crippen molar-refractivity contribution in [2.45, 2.75) is 43.8 Å². The van der Waals surface area contributed by atoms with Crippen molar-refractivity contribution in [3.8, 4) is 0 Å². The predicted octanol–water partition coefficient (Wildman–Crippen LogP) is 2.68. The number of amides is 1. The summed E-state index contributed by atoms with van der Waals surface area (Å²) in [6.07, 6.45) is 3.18. The Labute approximate surface area is 130 Å². The second-order valence-electron chi connectivity index (χ2n) is 6.17. The molecule has 1 aliphatic heterocycles. The topological polar surface area (TPSA) is 59.0 Å². The molecule has 2 fully saturated rings. The van der Waals surface area contributed by atoms with Gasteiger partial charge in [0.15, 0.2) is 0 Å². The Morgan fingerprint density at radius 2 is 1.91 bits per heavy atom. The molecule has 0 radical (unpaired) electrons. The van der Waals surface area contributed by atoms with E-state index in [4.69, 9.17) is 9.47 Å². The Balaban J connectivity index is 1.65. The van der Waals surface area contributed by atoms with Crippen molar-refractivity contribution < 1.29 is 19.4 Å². The minimum absolute atomic E-state index is 0.132. The number of hydrogen-bond acceptors (Lipinski definition) is 4. The van der Waals surface area contributed by atoms with Gasteiger partial charge in [-0.1, -0.05) is 12.1 Å². The van der Waals surface area contributed by atoms with Crippen LogP contribution in [0.25, 0.3) is 0 Å². The lowest BCUT2D eigenvalue weighted by atomic mass is 9.83. The van der Waals surface area contributed by atoms with Crippen LogP contribution < -0.4 is 4.90 Å². The molecular formula is C17H23NO4. The first-order chi connectivity index (χ1) is 10.7. The van der Waals surface area contributed by atoms with E-state index >= 15 is 0 Å². The normalized spacial score (nSPS) is 28.7. The molecule has 120 valence electrons. The average molecular weight is 305 g/mol. The van der Waals surface area contributed by atoms with Crippen LogP contribution in [0, 0.1) is 0 Å². The fraction of sp³-hybridized carbons (Fsp3) is 0.588. The molecule has 1 aliphatic carbocycles. The molecular weight excluding hydrogens is 282 g/mol. The number of methoxy groups -OCH3 is 1. The molecule has 0 spiro atoms. The largest absolute Gasteiger partial charge is 0.441 e. The van der Waals surface area contributed by atoms with Gasteiger partial charge in [-0.15, -0.1) is 0 Å². The molecule has 2 aliphatic rings. The van der Waals surface area contributed by atoms with Gasteiger partial charge in [0.1, 0.15) is 6.10 Å². The molecule has 0 aromatic heterocycles. The summed E-state index contributed by atoms with van der Waals surface area (Å²) in [5, 5.41) is 9.59. The molecule has 5 nitrogen and oxygen atoms in total. The number of carbonyl (C=O) groups excluding carboxylic acids is 1. The molecule has 1 aromatic rings. The maximum absolute atomic E-state index is 11.9. The third-order valence-corrected chi connectivity index (χ3v) is 4.60. The van der Waals surface area contributed by atoms with E-state index in [2.05, 4.69) is 12.1 Å². The van der Waals surface area contributed by atoms with E-state index in [1.54, 1.807) is 12.0 Å². The third kappa shape index (κ3) is 3.25. The molecule has 1 amide bonds. The van der Waals surface area contributed by atoms with Crippen LogP contribution in [0.15, 0.2) is 24.3 Å². The lowest BCUT2D eigenvalue weighted by molar-refractivity contribution is 0.0718. The Morgan fingerprint density at radius 3 is 2.55 bits per heavy atom. The fourth-order valence-electron chi connectivity index (χ4n) is 3.34. The highest BCUT2D eigenvalue weighted by Gasteiger charge is 2.32. The molecule has 3 rings (SSSR count). The molecule has 1 heterocycles. The van der Waals surface area contributed by atoms with E-state index in [-0.39, 0.29) is 18.3 Å². The number of aliphatic hydroxyl groups is 1. The van der Waals surface area contributed by atoms with Crippen LogP contribution in [-0.2, 0) is 9.47 Å². The van der Waals surface area contributed by atoms with Crippen molar-refractivity contribution in [2.75, 3.05) is 25.2 Å². The van der Waals surface area contributed by atoms with E-state index in [0.29, 0.717) is 19.1 Å². The number of hydrogen-bond donors (Lipinski definition) is 1. The summed E-state index contributed by atoms with van der Waals surface area (Å²) in [7, 11) is 1.60. The van der Waals surface area contributed by atoms with Crippen LogP contribution in [0.1, 0.15) is 37.2 Å². The number of nitrogens with zero attached hydrogens (tertiary/aromatic N) is 1. The zero-order valence-electron chi connectivity index (χ0n) is 12.9. The zero-order chi connectivity index (χ0) is 15.5. The summed E-state index contributed by atoms with van der Waals surface area (Å²) in [6.45, 7) is 0.951. The Morgan fingerprint density at radius 1 is 1.23 bits per heavy atom. The molecule has 1 aromatic carbocycles. The van der Waals surface area contributed by atoms with Gasteiger partial charge in [-0.25, -0.2) is 4.79 Å². The minimum Gasteiger partial charge on any atom is -0.441 e. The summed E-state index contributed by atoms with van der Waals surface area (Å²) >= 11 is 0. The van der Waals surface area contributed by atoms with Crippen LogP contribution in [0.3, 0.4) is 0 Å². The van der Waals surface area contributed by atoms with Crippen LogP contribution in [0.4, 0.5) is 10.5 Å². The molecule has 0 bridgehead atoms. The fourth-order valence-corrected chi connectivity index (χ4v) is 3.34. The van der Waals surface area contributed by atoms with Crippen molar-refractivity contribution in [1.29, 1.82) is 0 Å². The van der Waals surface area contributed by atoms with E-state index in [1.807, 2.05) is 12.1 Å². The van der Waals surface area contributed by atoms with Crippen LogP contribution in [0.2, 0.25) is 0 Å². The van der Waals surface area contributed by atoms with Gasteiger partial charge >= 0.3 is 6.09 Å². The summed E-state index contributed by atoms with van der Waals surface area (Å²) in [5.74, 6) is 0.518. The summed E-state index contributed by atoms with van der Waals surface area (Å²) in [5.41, 5.74) is 2.15. The van der Waals surface area contributed by atoms with Crippen LogP contribution in [-0.4, -0.2) is 43.7 Å². The number of benzene rings is 1. The van der Waals surface area contributed by atoms with Gasteiger partial charge < -0.3 is 14.6 Å². The van der Waals surface area contributed by atoms with E-state index in [0.717, 1.165) is 31.4 Å². The molecule has 22 heavy (non-hydrogen) atoms. The molecule has 1 saturated carbocycles. The second-order valence-corrected chi connectivity index (χ2v) is 6.17. The van der Waals surface area contributed by atoms with Crippen molar-refractivity contribution in [1.82, 2.24) is 0 Å². The first-order valence-corrected chi connectivity index (χ1v) is 7.92. The zero-order valence-corrected chi connectivity index (χ0v) is 12.9. The highest BCUT2D eigenvalue weighted by atomic mass is 16.6. The van der Waals surface area contributed by atoms with Gasteiger partial charge in [-0.3, -0.25) is 4.90 Å². The average Bonchev–Trinajstić information content (AvgIpc) is 2.89. The van der Waals surface area contributed by atoms with Crippen molar-refractivity contribution in [2.24, 2.45) is 0 Å². The van der Waals surface area contributed by atoms with Gasteiger partial charge in [0.2, 0.25) is 0 Å². The summed E-state index contributed by atoms with van der Waals surface area (Å²) in [6, 6.07) is 8.15. The van der Waals surface area contributed by atoms with Gasteiger partial charge in [0.05, 0.1) is 19.3 Å². The maximum atomic E-state index is 11.9. The number of anilines is 1. The lowest BCUT2D eigenvalue weighted by Crippen LogP contribution is -2.25. The molecule has 1 saturated heterocycles.